The highest BCUT2D eigenvalue weighted by Crippen LogP contribution is 2.25. The van der Waals surface area contributed by atoms with Gasteiger partial charge in [-0.2, -0.15) is 0 Å². The predicted molar refractivity (Wildman–Crippen MR) is 107 cm³/mol. The molecule has 0 heterocycles. The van der Waals surface area contributed by atoms with Gasteiger partial charge in [0.1, 0.15) is 10.6 Å². The van der Waals surface area contributed by atoms with Gasteiger partial charge in [0.15, 0.2) is 0 Å². The van der Waals surface area contributed by atoms with Gasteiger partial charge in [0.25, 0.3) is 5.91 Å². The number of ether oxygens (including phenoxy) is 2. The summed E-state index contributed by atoms with van der Waals surface area (Å²) in [5.41, 5.74) is 1.03. The van der Waals surface area contributed by atoms with Crippen LogP contribution in [0.25, 0.3) is 0 Å². The van der Waals surface area contributed by atoms with Crippen LogP contribution in [0.3, 0.4) is 0 Å². The molecule has 0 aliphatic heterocycles. The average Bonchev–Trinajstić information content (AvgIpc) is 2.67. The molecule has 2 N–H and O–H groups in total. The molecule has 9 heteroatoms. The first-order valence-corrected chi connectivity index (χ1v) is 10.4. The number of hydrogen-bond acceptors (Lipinski definition) is 5. The summed E-state index contributed by atoms with van der Waals surface area (Å²) in [5, 5.41) is 3.40. The second kappa shape index (κ2) is 9.88. The third kappa shape index (κ3) is 5.68. The van der Waals surface area contributed by atoms with Crippen LogP contribution in [0.4, 0.5) is 0 Å². The van der Waals surface area contributed by atoms with E-state index in [1.807, 2.05) is 13.0 Å². The minimum Gasteiger partial charge on any atom is -0.495 e. The van der Waals surface area contributed by atoms with Crippen LogP contribution in [0.15, 0.2) is 47.4 Å². The van der Waals surface area contributed by atoms with E-state index in [9.17, 15) is 13.2 Å². The van der Waals surface area contributed by atoms with Crippen molar-refractivity contribution in [1.29, 1.82) is 0 Å². The molecule has 0 spiro atoms. The molecular weight excluding hydrogens is 404 g/mol. The summed E-state index contributed by atoms with van der Waals surface area (Å²) in [6, 6.07) is 11.1. The lowest BCUT2D eigenvalue weighted by atomic mass is 10.1. The van der Waals surface area contributed by atoms with E-state index < -0.39 is 15.9 Å². The lowest BCUT2D eigenvalue weighted by Gasteiger charge is -2.16. The molecule has 7 nitrogen and oxygen atoms in total. The molecule has 1 unspecified atom stereocenters. The second-order valence-corrected chi connectivity index (χ2v) is 8.18. The molecule has 0 bridgehead atoms. The highest BCUT2D eigenvalue weighted by atomic mass is 35.5. The van der Waals surface area contributed by atoms with E-state index in [4.69, 9.17) is 21.1 Å². The zero-order valence-corrected chi connectivity index (χ0v) is 17.4. The monoisotopic (exact) mass is 426 g/mol. The Morgan fingerprint density at radius 3 is 2.57 bits per heavy atom. The van der Waals surface area contributed by atoms with Crippen LogP contribution in [0.2, 0.25) is 5.02 Å². The first kappa shape index (κ1) is 22.2. The molecule has 0 aliphatic carbocycles. The van der Waals surface area contributed by atoms with Gasteiger partial charge in [0.2, 0.25) is 10.0 Å². The first-order chi connectivity index (χ1) is 13.3. The largest absolute Gasteiger partial charge is 0.495 e. The summed E-state index contributed by atoms with van der Waals surface area (Å²) in [6.45, 7) is 2.14. The Morgan fingerprint density at radius 1 is 1.18 bits per heavy atom. The predicted octanol–water partition coefficient (Wildman–Crippen LogP) is 2.76. The molecule has 152 valence electrons. The van der Waals surface area contributed by atoms with E-state index in [1.165, 1.54) is 32.4 Å². The fourth-order valence-electron chi connectivity index (χ4n) is 2.52. The van der Waals surface area contributed by atoms with Crippen LogP contribution < -0.4 is 14.8 Å². The topological polar surface area (TPSA) is 93.7 Å². The zero-order valence-electron chi connectivity index (χ0n) is 15.9. The summed E-state index contributed by atoms with van der Waals surface area (Å²) in [5.74, 6) is -0.271. The van der Waals surface area contributed by atoms with Crippen molar-refractivity contribution in [2.45, 2.75) is 17.9 Å². The molecule has 2 aromatic rings. The molecule has 0 saturated carbocycles. The van der Waals surface area contributed by atoms with Gasteiger partial charge in [-0.25, -0.2) is 13.1 Å². The van der Waals surface area contributed by atoms with E-state index in [0.717, 1.165) is 5.56 Å². The van der Waals surface area contributed by atoms with Gasteiger partial charge >= 0.3 is 0 Å². The van der Waals surface area contributed by atoms with Crippen molar-refractivity contribution in [2.75, 3.05) is 27.4 Å². The quantitative estimate of drug-likeness (QED) is 0.601. The van der Waals surface area contributed by atoms with Crippen molar-refractivity contribution in [3.8, 4) is 5.75 Å². The maximum absolute atomic E-state index is 12.6. The van der Waals surface area contributed by atoms with Crippen molar-refractivity contribution < 1.29 is 22.7 Å². The summed E-state index contributed by atoms with van der Waals surface area (Å²) in [7, 11) is -1.03. The van der Waals surface area contributed by atoms with E-state index in [2.05, 4.69) is 10.0 Å². The number of hydrogen-bond donors (Lipinski definition) is 2. The van der Waals surface area contributed by atoms with Gasteiger partial charge < -0.3 is 14.8 Å². The number of sulfonamides is 1. The van der Waals surface area contributed by atoms with Crippen molar-refractivity contribution in [3.05, 3.63) is 58.6 Å². The molecule has 1 atom stereocenters. The van der Waals surface area contributed by atoms with Crippen molar-refractivity contribution in [1.82, 2.24) is 10.0 Å². The normalized spacial score (nSPS) is 12.4. The highest BCUT2D eigenvalue weighted by molar-refractivity contribution is 7.89. The van der Waals surface area contributed by atoms with Crippen LogP contribution in [-0.2, 0) is 14.8 Å². The molecule has 1 amide bonds. The first-order valence-electron chi connectivity index (χ1n) is 8.51. The van der Waals surface area contributed by atoms with E-state index >= 15 is 0 Å². The standard InChI is InChI=1S/C19H23ClN2O5S/c1-13(14-5-4-6-16(20)11-14)22-19(23)15-7-8-17(27-3)18(12-15)28(24,25)21-9-10-26-2/h4-8,11-13,21H,9-10H2,1-3H3,(H,22,23). The smallest absolute Gasteiger partial charge is 0.251 e. The molecule has 2 aromatic carbocycles. The fourth-order valence-corrected chi connectivity index (χ4v) is 3.93. The molecule has 28 heavy (non-hydrogen) atoms. The highest BCUT2D eigenvalue weighted by Gasteiger charge is 2.22. The number of carbonyl (C=O) groups excluding carboxylic acids is 1. The number of benzene rings is 2. The Balaban J connectivity index is 2.24. The van der Waals surface area contributed by atoms with Gasteiger partial charge in [0, 0.05) is 24.2 Å². The minimum atomic E-state index is -3.87. The Bertz CT molecular complexity index is 934. The number of carbonyl (C=O) groups is 1. The number of halogens is 1. The van der Waals surface area contributed by atoms with Crippen molar-refractivity contribution >= 4 is 27.5 Å². The summed E-state index contributed by atoms with van der Waals surface area (Å²) >= 11 is 5.99. The maximum atomic E-state index is 12.6. The number of methoxy groups -OCH3 is 2. The zero-order chi connectivity index (χ0) is 20.7. The lowest BCUT2D eigenvalue weighted by molar-refractivity contribution is 0.0939. The van der Waals surface area contributed by atoms with Crippen LogP contribution in [0.5, 0.6) is 5.75 Å². The van der Waals surface area contributed by atoms with Crippen LogP contribution in [-0.4, -0.2) is 41.7 Å². The van der Waals surface area contributed by atoms with E-state index in [1.54, 1.807) is 18.2 Å². The molecule has 0 aliphatic rings. The maximum Gasteiger partial charge on any atom is 0.251 e. The van der Waals surface area contributed by atoms with Gasteiger partial charge in [-0.3, -0.25) is 4.79 Å². The van der Waals surface area contributed by atoms with E-state index in [0.29, 0.717) is 5.02 Å². The van der Waals surface area contributed by atoms with Crippen molar-refractivity contribution in [3.63, 3.8) is 0 Å². The van der Waals surface area contributed by atoms with Gasteiger partial charge in [-0.15, -0.1) is 0 Å². The third-order valence-electron chi connectivity index (χ3n) is 4.01. The molecular formula is C19H23ClN2O5S. The number of nitrogens with one attached hydrogen (secondary N) is 2. The second-order valence-electron chi connectivity index (χ2n) is 6.01. The molecule has 2 rings (SSSR count). The van der Waals surface area contributed by atoms with Gasteiger partial charge in [0.05, 0.1) is 19.8 Å². The van der Waals surface area contributed by atoms with Crippen LogP contribution in [0.1, 0.15) is 28.9 Å². The average molecular weight is 427 g/mol. The van der Waals surface area contributed by atoms with Gasteiger partial charge in [-0.1, -0.05) is 23.7 Å². The van der Waals surface area contributed by atoms with Gasteiger partial charge in [-0.05, 0) is 42.8 Å². The molecule has 0 fully saturated rings. The lowest BCUT2D eigenvalue weighted by Crippen LogP contribution is -2.29. The molecule has 0 saturated heterocycles. The number of amides is 1. The third-order valence-corrected chi connectivity index (χ3v) is 5.73. The summed E-state index contributed by atoms with van der Waals surface area (Å²) in [6.07, 6.45) is 0. The van der Waals surface area contributed by atoms with Crippen LogP contribution in [0, 0.1) is 0 Å². The van der Waals surface area contributed by atoms with E-state index in [-0.39, 0.29) is 35.4 Å². The summed E-state index contributed by atoms with van der Waals surface area (Å²) in [4.78, 5) is 12.5. The fraction of sp³-hybridized carbons (Fsp3) is 0.316. The molecule has 0 aromatic heterocycles. The van der Waals surface area contributed by atoms with Crippen LogP contribution >= 0.6 is 11.6 Å². The minimum absolute atomic E-state index is 0.101. The van der Waals surface area contributed by atoms with Crippen molar-refractivity contribution in [2.24, 2.45) is 0 Å². The Morgan fingerprint density at radius 2 is 1.93 bits per heavy atom. The summed E-state index contributed by atoms with van der Waals surface area (Å²) < 4.78 is 37.5. The Labute approximate surface area is 170 Å². The SMILES string of the molecule is COCCNS(=O)(=O)c1cc(C(=O)NC(C)c2cccc(Cl)c2)ccc1OC. The number of rotatable bonds is 9. The Hall–Kier alpha value is -2.13. The molecule has 0 radical (unpaired) electrons. The Kier molecular flexibility index (Phi) is 7.82.